The average Bonchev–Trinajstić information content (AvgIpc) is 2.71. The van der Waals surface area contributed by atoms with Crippen LogP contribution in [0, 0.1) is 0 Å². The number of fused-ring (bicyclic) bond motifs is 3. The minimum atomic E-state index is 0.161. The Balaban J connectivity index is 2.06. The van der Waals surface area contributed by atoms with Crippen LogP contribution in [0.4, 0.5) is 5.69 Å². The van der Waals surface area contributed by atoms with E-state index in [2.05, 4.69) is 34.2 Å². The summed E-state index contributed by atoms with van der Waals surface area (Å²) in [6.07, 6.45) is 4.23. The third-order valence-electron chi connectivity index (χ3n) is 3.29. The fraction of sp³-hybridized carbons (Fsp3) is 0.417. The first-order valence-electron chi connectivity index (χ1n) is 5.48. The van der Waals surface area contributed by atoms with Gasteiger partial charge in [0.05, 0.1) is 6.54 Å². The van der Waals surface area contributed by atoms with Gasteiger partial charge in [-0.3, -0.25) is 4.99 Å². The van der Waals surface area contributed by atoms with E-state index in [1.165, 1.54) is 11.3 Å². The van der Waals surface area contributed by atoms with Crippen molar-refractivity contribution in [1.29, 1.82) is 0 Å². The minimum Gasteiger partial charge on any atom is -0.343 e. The van der Waals surface area contributed by atoms with Gasteiger partial charge in [0, 0.05) is 17.9 Å². The van der Waals surface area contributed by atoms with Crippen molar-refractivity contribution in [1.82, 2.24) is 0 Å². The second kappa shape index (κ2) is 3.35. The summed E-state index contributed by atoms with van der Waals surface area (Å²) in [5.74, 6) is 0. The number of para-hydroxylation sites is 1. The summed E-state index contributed by atoms with van der Waals surface area (Å²) in [6.45, 7) is 0.898. The maximum atomic E-state index is 6.14. The molecule has 0 saturated carbocycles. The van der Waals surface area contributed by atoms with Gasteiger partial charge in [-0.15, -0.1) is 0 Å². The summed E-state index contributed by atoms with van der Waals surface area (Å²) in [5.41, 5.74) is 8.86. The first-order valence-corrected chi connectivity index (χ1v) is 5.48. The Bertz CT molecular complexity index is 400. The molecule has 0 spiro atoms. The molecule has 0 saturated heterocycles. The van der Waals surface area contributed by atoms with E-state index in [0.29, 0.717) is 0 Å². The number of aliphatic imine (C=N–C) groups is 1. The zero-order valence-electron chi connectivity index (χ0n) is 8.63. The fourth-order valence-electron chi connectivity index (χ4n) is 2.49. The smallest absolute Gasteiger partial charge is 0.136 e. The highest BCUT2D eigenvalue weighted by molar-refractivity contribution is 5.72. The van der Waals surface area contributed by atoms with Crippen molar-refractivity contribution in [3.05, 3.63) is 29.8 Å². The highest BCUT2D eigenvalue weighted by Gasteiger charge is 2.31. The third kappa shape index (κ3) is 1.35. The second-order valence-electron chi connectivity index (χ2n) is 4.23. The molecule has 3 rings (SSSR count). The Morgan fingerprint density at radius 3 is 3.13 bits per heavy atom. The fourth-order valence-corrected chi connectivity index (χ4v) is 2.49. The maximum absolute atomic E-state index is 6.14. The van der Waals surface area contributed by atoms with Gasteiger partial charge in [-0.1, -0.05) is 18.2 Å². The topological polar surface area (TPSA) is 41.6 Å². The SMILES string of the molecule is NC1CCc2ccccc2N2CC=NC12. The van der Waals surface area contributed by atoms with E-state index in [4.69, 9.17) is 5.73 Å². The van der Waals surface area contributed by atoms with Crippen LogP contribution in [0.15, 0.2) is 29.3 Å². The van der Waals surface area contributed by atoms with Gasteiger partial charge in [0.1, 0.15) is 6.17 Å². The molecular weight excluding hydrogens is 186 g/mol. The van der Waals surface area contributed by atoms with E-state index >= 15 is 0 Å². The number of hydrogen-bond donors (Lipinski definition) is 1. The van der Waals surface area contributed by atoms with Gasteiger partial charge in [-0.25, -0.2) is 0 Å². The maximum Gasteiger partial charge on any atom is 0.136 e. The molecule has 2 aliphatic heterocycles. The van der Waals surface area contributed by atoms with E-state index in [0.717, 1.165) is 19.4 Å². The average molecular weight is 201 g/mol. The number of nitrogens with zero attached hydrogens (tertiary/aromatic N) is 2. The molecule has 0 bridgehead atoms. The van der Waals surface area contributed by atoms with Gasteiger partial charge >= 0.3 is 0 Å². The lowest BCUT2D eigenvalue weighted by Crippen LogP contribution is -2.43. The quantitative estimate of drug-likeness (QED) is 0.684. The van der Waals surface area contributed by atoms with Crippen molar-refractivity contribution >= 4 is 11.9 Å². The molecule has 1 aromatic carbocycles. The highest BCUT2D eigenvalue weighted by Crippen LogP contribution is 2.30. The van der Waals surface area contributed by atoms with E-state index < -0.39 is 0 Å². The lowest BCUT2D eigenvalue weighted by atomic mass is 10.1. The van der Waals surface area contributed by atoms with Gasteiger partial charge in [-0.2, -0.15) is 0 Å². The Kier molecular flexibility index (Phi) is 1.99. The molecule has 3 heteroatoms. The van der Waals surface area contributed by atoms with Crippen molar-refractivity contribution in [2.45, 2.75) is 25.0 Å². The lowest BCUT2D eigenvalue weighted by molar-refractivity contribution is 0.514. The molecule has 2 N–H and O–H groups in total. The Hall–Kier alpha value is -1.35. The summed E-state index contributed by atoms with van der Waals surface area (Å²) in [4.78, 5) is 6.79. The number of benzene rings is 1. The molecule has 78 valence electrons. The highest BCUT2D eigenvalue weighted by atomic mass is 15.3. The van der Waals surface area contributed by atoms with Crippen LogP contribution in [0.5, 0.6) is 0 Å². The molecule has 0 aromatic heterocycles. The molecule has 15 heavy (non-hydrogen) atoms. The predicted molar refractivity (Wildman–Crippen MR) is 62.4 cm³/mol. The van der Waals surface area contributed by atoms with Crippen molar-refractivity contribution < 1.29 is 0 Å². The van der Waals surface area contributed by atoms with Crippen LogP contribution in [0.3, 0.4) is 0 Å². The van der Waals surface area contributed by atoms with Gasteiger partial charge in [-0.05, 0) is 24.5 Å². The number of aryl methyl sites for hydroxylation is 1. The van der Waals surface area contributed by atoms with Gasteiger partial charge < -0.3 is 10.6 Å². The molecule has 1 aromatic rings. The Morgan fingerprint density at radius 1 is 1.33 bits per heavy atom. The number of nitrogens with two attached hydrogens (primary N) is 1. The monoisotopic (exact) mass is 201 g/mol. The first kappa shape index (κ1) is 8.92. The predicted octanol–water partition coefficient (Wildman–Crippen LogP) is 1.18. The van der Waals surface area contributed by atoms with Gasteiger partial charge in [0.15, 0.2) is 0 Å². The van der Waals surface area contributed by atoms with E-state index in [-0.39, 0.29) is 12.2 Å². The molecule has 2 unspecified atom stereocenters. The molecule has 2 heterocycles. The molecule has 2 aliphatic rings. The van der Waals surface area contributed by atoms with Gasteiger partial charge in [0.25, 0.3) is 0 Å². The third-order valence-corrected chi connectivity index (χ3v) is 3.29. The number of rotatable bonds is 0. The van der Waals surface area contributed by atoms with Crippen LogP contribution in [0.25, 0.3) is 0 Å². The summed E-state index contributed by atoms with van der Waals surface area (Å²) in [5, 5.41) is 0. The zero-order chi connectivity index (χ0) is 10.3. The van der Waals surface area contributed by atoms with E-state index in [9.17, 15) is 0 Å². The summed E-state index contributed by atoms with van der Waals surface area (Å²) in [6, 6.07) is 8.72. The van der Waals surface area contributed by atoms with Crippen LogP contribution in [-0.4, -0.2) is 25.0 Å². The van der Waals surface area contributed by atoms with Crippen molar-refractivity contribution in [2.75, 3.05) is 11.4 Å². The second-order valence-corrected chi connectivity index (χ2v) is 4.23. The van der Waals surface area contributed by atoms with Crippen molar-refractivity contribution in [2.24, 2.45) is 10.7 Å². The van der Waals surface area contributed by atoms with Crippen LogP contribution in [0.1, 0.15) is 12.0 Å². The van der Waals surface area contributed by atoms with Crippen LogP contribution >= 0.6 is 0 Å². The van der Waals surface area contributed by atoms with E-state index in [1.54, 1.807) is 0 Å². The lowest BCUT2D eigenvalue weighted by Gasteiger charge is -2.27. The van der Waals surface area contributed by atoms with Crippen LogP contribution < -0.4 is 10.6 Å². The normalized spacial score (nSPS) is 28.5. The molecule has 0 fully saturated rings. The van der Waals surface area contributed by atoms with Crippen molar-refractivity contribution in [3.8, 4) is 0 Å². The van der Waals surface area contributed by atoms with Gasteiger partial charge in [0.2, 0.25) is 0 Å². The van der Waals surface area contributed by atoms with Crippen LogP contribution in [0.2, 0.25) is 0 Å². The number of hydrogen-bond acceptors (Lipinski definition) is 3. The number of anilines is 1. The molecule has 0 amide bonds. The minimum absolute atomic E-state index is 0.161. The van der Waals surface area contributed by atoms with Crippen LogP contribution in [-0.2, 0) is 6.42 Å². The molecule has 0 radical (unpaired) electrons. The summed E-state index contributed by atoms with van der Waals surface area (Å²) >= 11 is 0. The van der Waals surface area contributed by atoms with E-state index in [1.807, 2.05) is 6.21 Å². The summed E-state index contributed by atoms with van der Waals surface area (Å²) in [7, 11) is 0. The Morgan fingerprint density at radius 2 is 2.20 bits per heavy atom. The molecule has 3 nitrogen and oxygen atoms in total. The molecule has 0 aliphatic carbocycles. The first-order chi connectivity index (χ1) is 7.36. The largest absolute Gasteiger partial charge is 0.343 e. The standard InChI is InChI=1S/C12H15N3/c13-10-6-5-9-3-1-2-4-11(9)15-8-7-14-12(10)15/h1-4,7,10,12H,5-6,8,13H2. The summed E-state index contributed by atoms with van der Waals surface area (Å²) < 4.78 is 0. The zero-order valence-corrected chi connectivity index (χ0v) is 8.63. The molecule has 2 atom stereocenters. The molecular formula is C12H15N3. The Labute approximate surface area is 89.6 Å². The van der Waals surface area contributed by atoms with Crippen molar-refractivity contribution in [3.63, 3.8) is 0 Å².